The quantitative estimate of drug-likeness (QED) is 0.642. The molecule has 0 aromatic carbocycles. The van der Waals surface area contributed by atoms with E-state index in [9.17, 15) is 23.7 Å². The molecular formula is C11H14F2N4O5. The lowest BCUT2D eigenvalue weighted by molar-refractivity contribution is -0.386. The normalized spacial score (nSPS) is 24.5. The van der Waals surface area contributed by atoms with E-state index in [4.69, 9.17) is 9.84 Å². The van der Waals surface area contributed by atoms with Gasteiger partial charge in [0.25, 0.3) is 5.92 Å². The van der Waals surface area contributed by atoms with Gasteiger partial charge in [-0.25, -0.2) is 13.6 Å². The molecule has 0 bridgehead atoms. The van der Waals surface area contributed by atoms with Crippen LogP contribution >= 0.6 is 0 Å². The third-order valence-corrected chi connectivity index (χ3v) is 3.47. The van der Waals surface area contributed by atoms with Crippen molar-refractivity contribution in [2.75, 3.05) is 6.61 Å². The van der Waals surface area contributed by atoms with Gasteiger partial charge in [0.1, 0.15) is 24.6 Å². The van der Waals surface area contributed by atoms with Crippen molar-refractivity contribution in [3.8, 4) is 0 Å². The average molecular weight is 320 g/mol. The SMILES string of the molecule is Cn1ncc([N+](=O)[O-])c1C1CCC(NC(=O)O)C(F)(F)CO1. The van der Waals surface area contributed by atoms with Crippen LogP contribution in [0.3, 0.4) is 0 Å². The molecule has 1 amide bonds. The minimum Gasteiger partial charge on any atom is -0.465 e. The van der Waals surface area contributed by atoms with Gasteiger partial charge >= 0.3 is 11.8 Å². The predicted octanol–water partition coefficient (Wildman–Crippen LogP) is 1.45. The number of alkyl halides is 2. The predicted molar refractivity (Wildman–Crippen MR) is 67.7 cm³/mol. The molecule has 2 N–H and O–H groups in total. The van der Waals surface area contributed by atoms with E-state index in [1.54, 1.807) is 5.32 Å². The first kappa shape index (κ1) is 16.1. The first-order chi connectivity index (χ1) is 10.2. The van der Waals surface area contributed by atoms with Crippen molar-refractivity contribution in [2.45, 2.75) is 30.9 Å². The van der Waals surface area contributed by atoms with E-state index in [0.29, 0.717) is 0 Å². The zero-order valence-corrected chi connectivity index (χ0v) is 11.5. The fourth-order valence-corrected chi connectivity index (χ4v) is 2.42. The number of nitrogens with one attached hydrogen (secondary N) is 1. The zero-order valence-electron chi connectivity index (χ0n) is 11.5. The second-order valence-corrected chi connectivity index (χ2v) is 4.94. The van der Waals surface area contributed by atoms with Crippen LogP contribution in [-0.4, -0.2) is 44.5 Å². The zero-order chi connectivity index (χ0) is 16.5. The molecule has 11 heteroatoms. The Morgan fingerprint density at radius 2 is 2.32 bits per heavy atom. The maximum atomic E-state index is 13.9. The van der Waals surface area contributed by atoms with Crippen LogP contribution < -0.4 is 5.32 Å². The molecule has 2 rings (SSSR count). The minimum absolute atomic E-state index is 0.000903. The lowest BCUT2D eigenvalue weighted by Crippen LogP contribution is -2.48. The number of halogens is 2. The molecule has 2 unspecified atom stereocenters. The highest BCUT2D eigenvalue weighted by molar-refractivity contribution is 5.65. The highest BCUT2D eigenvalue weighted by Crippen LogP contribution is 2.37. The van der Waals surface area contributed by atoms with Crippen LogP contribution in [0.2, 0.25) is 0 Å². The monoisotopic (exact) mass is 320 g/mol. The summed E-state index contributed by atoms with van der Waals surface area (Å²) in [4.78, 5) is 20.9. The van der Waals surface area contributed by atoms with Gasteiger partial charge in [0.2, 0.25) is 0 Å². The van der Waals surface area contributed by atoms with Crippen LogP contribution in [0.1, 0.15) is 24.6 Å². The highest BCUT2D eigenvalue weighted by Gasteiger charge is 2.45. The fourth-order valence-electron chi connectivity index (χ4n) is 2.42. The largest absolute Gasteiger partial charge is 0.465 e. The minimum atomic E-state index is -3.40. The lowest BCUT2D eigenvalue weighted by Gasteiger charge is -2.23. The van der Waals surface area contributed by atoms with Gasteiger partial charge in [0.15, 0.2) is 0 Å². The number of rotatable bonds is 3. The molecule has 0 radical (unpaired) electrons. The van der Waals surface area contributed by atoms with Crippen LogP contribution in [0, 0.1) is 10.1 Å². The molecule has 1 aliphatic rings. The van der Waals surface area contributed by atoms with E-state index < -0.39 is 35.7 Å². The van der Waals surface area contributed by atoms with Gasteiger partial charge in [-0.1, -0.05) is 0 Å². The van der Waals surface area contributed by atoms with E-state index >= 15 is 0 Å². The first-order valence-corrected chi connectivity index (χ1v) is 6.37. The summed E-state index contributed by atoms with van der Waals surface area (Å²) in [6, 6.07) is -1.61. The Bertz CT molecular complexity index is 591. The number of aryl methyl sites for hydroxylation is 1. The van der Waals surface area contributed by atoms with Gasteiger partial charge in [-0.2, -0.15) is 5.10 Å². The van der Waals surface area contributed by atoms with Crippen molar-refractivity contribution in [1.82, 2.24) is 15.1 Å². The Balaban J connectivity index is 2.25. The number of ether oxygens (including phenoxy) is 1. The fraction of sp³-hybridized carbons (Fsp3) is 0.636. The van der Waals surface area contributed by atoms with Crippen LogP contribution in [-0.2, 0) is 11.8 Å². The number of hydrogen-bond acceptors (Lipinski definition) is 5. The van der Waals surface area contributed by atoms with Gasteiger partial charge in [0, 0.05) is 7.05 Å². The van der Waals surface area contributed by atoms with Crippen molar-refractivity contribution in [3.63, 3.8) is 0 Å². The second kappa shape index (κ2) is 5.83. The topological polar surface area (TPSA) is 120 Å². The van der Waals surface area contributed by atoms with Crippen molar-refractivity contribution in [2.24, 2.45) is 7.05 Å². The van der Waals surface area contributed by atoms with Crippen LogP contribution in [0.4, 0.5) is 19.3 Å². The van der Waals surface area contributed by atoms with Gasteiger partial charge < -0.3 is 15.2 Å². The molecule has 2 atom stereocenters. The van der Waals surface area contributed by atoms with Crippen molar-refractivity contribution < 1.29 is 28.3 Å². The first-order valence-electron chi connectivity index (χ1n) is 6.37. The van der Waals surface area contributed by atoms with Gasteiger partial charge in [-0.05, 0) is 12.8 Å². The standard InChI is InChI=1S/C11H14F2N4O5/c1-16-9(6(4-14-16)17(20)21)7-2-3-8(15-10(18)19)11(12,13)5-22-7/h4,7-8,15H,2-3,5H2,1H3,(H,18,19). The Kier molecular flexibility index (Phi) is 4.26. The van der Waals surface area contributed by atoms with Gasteiger partial charge in [0.05, 0.1) is 11.0 Å². The van der Waals surface area contributed by atoms with E-state index in [-0.39, 0.29) is 24.2 Å². The summed E-state index contributed by atoms with van der Waals surface area (Å²) in [6.07, 6.45) is -1.71. The molecule has 1 fully saturated rings. The van der Waals surface area contributed by atoms with E-state index in [2.05, 4.69) is 5.10 Å². The molecule has 1 aromatic heterocycles. The summed E-state index contributed by atoms with van der Waals surface area (Å²) in [7, 11) is 1.45. The Labute approximate surface area is 123 Å². The summed E-state index contributed by atoms with van der Waals surface area (Å²) in [5, 5.41) is 25.1. The third-order valence-electron chi connectivity index (χ3n) is 3.47. The van der Waals surface area contributed by atoms with E-state index in [1.807, 2.05) is 0 Å². The number of amides is 1. The number of nitro groups is 1. The number of nitrogens with zero attached hydrogens (tertiary/aromatic N) is 3. The van der Waals surface area contributed by atoms with Crippen molar-refractivity contribution in [1.29, 1.82) is 0 Å². The Morgan fingerprint density at radius 1 is 1.64 bits per heavy atom. The lowest BCUT2D eigenvalue weighted by atomic mass is 10.0. The van der Waals surface area contributed by atoms with Crippen molar-refractivity contribution >= 4 is 11.8 Å². The number of carbonyl (C=O) groups is 1. The molecule has 1 aromatic rings. The maximum Gasteiger partial charge on any atom is 0.405 e. The molecule has 1 aliphatic heterocycles. The highest BCUT2D eigenvalue weighted by atomic mass is 19.3. The number of carboxylic acid groups (broad SMARTS) is 1. The van der Waals surface area contributed by atoms with Crippen molar-refractivity contribution in [3.05, 3.63) is 22.0 Å². The number of aromatic nitrogens is 2. The second-order valence-electron chi connectivity index (χ2n) is 4.94. The van der Waals surface area contributed by atoms with Gasteiger partial charge in [-0.15, -0.1) is 0 Å². The molecule has 1 saturated heterocycles. The summed E-state index contributed by atoms with van der Waals surface area (Å²) in [5.74, 6) is -3.40. The third kappa shape index (κ3) is 3.13. The smallest absolute Gasteiger partial charge is 0.405 e. The summed E-state index contributed by atoms with van der Waals surface area (Å²) >= 11 is 0. The molecule has 2 heterocycles. The van der Waals surface area contributed by atoms with Crippen LogP contribution in [0.5, 0.6) is 0 Å². The van der Waals surface area contributed by atoms with E-state index in [1.165, 1.54) is 11.7 Å². The molecule has 0 spiro atoms. The Morgan fingerprint density at radius 3 is 2.91 bits per heavy atom. The van der Waals surface area contributed by atoms with Crippen LogP contribution in [0.15, 0.2) is 6.20 Å². The van der Waals surface area contributed by atoms with Crippen LogP contribution in [0.25, 0.3) is 0 Å². The van der Waals surface area contributed by atoms with E-state index in [0.717, 1.165) is 6.20 Å². The molecular weight excluding hydrogens is 306 g/mol. The molecule has 122 valence electrons. The summed E-state index contributed by atoms with van der Waals surface area (Å²) in [5.41, 5.74) is -0.239. The van der Waals surface area contributed by atoms with Gasteiger partial charge in [-0.3, -0.25) is 14.8 Å². The summed E-state index contributed by atoms with van der Waals surface area (Å²) in [6.45, 7) is -1.04. The molecule has 0 aliphatic carbocycles. The summed E-state index contributed by atoms with van der Waals surface area (Å²) < 4.78 is 34.0. The maximum absolute atomic E-state index is 13.9. The molecule has 9 nitrogen and oxygen atoms in total. The average Bonchev–Trinajstić information content (AvgIpc) is 2.72. The Hall–Kier alpha value is -2.30. The molecule has 0 saturated carbocycles. The number of hydrogen-bond donors (Lipinski definition) is 2. The molecule has 22 heavy (non-hydrogen) atoms.